The van der Waals surface area contributed by atoms with E-state index >= 15 is 0 Å². The summed E-state index contributed by atoms with van der Waals surface area (Å²) in [6.07, 6.45) is 2.75. The summed E-state index contributed by atoms with van der Waals surface area (Å²) in [5.41, 5.74) is 1.18. The predicted molar refractivity (Wildman–Crippen MR) is 73.4 cm³/mol. The van der Waals surface area contributed by atoms with Crippen LogP contribution in [0.4, 0.5) is 0 Å². The summed E-state index contributed by atoms with van der Waals surface area (Å²) in [4.78, 5) is 0. The van der Waals surface area contributed by atoms with E-state index in [2.05, 4.69) is 12.2 Å². The van der Waals surface area contributed by atoms with Crippen molar-refractivity contribution in [3.8, 4) is 11.5 Å². The van der Waals surface area contributed by atoms with Gasteiger partial charge in [0.25, 0.3) is 0 Å². The molecular weight excluding hydrogens is 226 g/mol. The van der Waals surface area contributed by atoms with E-state index in [9.17, 15) is 0 Å². The molecule has 2 rings (SSSR count). The molecule has 0 spiro atoms. The van der Waals surface area contributed by atoms with E-state index in [1.54, 1.807) is 7.11 Å². The maximum atomic E-state index is 5.75. The van der Waals surface area contributed by atoms with E-state index < -0.39 is 0 Å². The highest BCUT2D eigenvalue weighted by atomic mass is 16.5. The van der Waals surface area contributed by atoms with Crippen molar-refractivity contribution in [2.24, 2.45) is 5.92 Å². The van der Waals surface area contributed by atoms with Crippen molar-refractivity contribution in [2.45, 2.75) is 32.7 Å². The molecule has 1 aromatic carbocycles. The van der Waals surface area contributed by atoms with Crippen LogP contribution in [-0.2, 0) is 0 Å². The zero-order valence-electron chi connectivity index (χ0n) is 11.5. The molecule has 0 aromatic heterocycles. The Bertz CT molecular complexity index is 388. The topological polar surface area (TPSA) is 30.5 Å². The van der Waals surface area contributed by atoms with Crippen LogP contribution in [0.3, 0.4) is 0 Å². The summed E-state index contributed by atoms with van der Waals surface area (Å²) in [6, 6.07) is 6.63. The quantitative estimate of drug-likeness (QED) is 0.754. The molecule has 1 aliphatic rings. The first-order valence-electron chi connectivity index (χ1n) is 6.71. The lowest BCUT2D eigenvalue weighted by molar-refractivity contribution is 0.285. The van der Waals surface area contributed by atoms with E-state index in [1.165, 1.54) is 18.4 Å². The predicted octanol–water partition coefficient (Wildman–Crippen LogP) is 2.77. The largest absolute Gasteiger partial charge is 0.493 e. The van der Waals surface area contributed by atoms with Crippen LogP contribution in [-0.4, -0.2) is 26.3 Å². The molecule has 3 nitrogen and oxygen atoms in total. The summed E-state index contributed by atoms with van der Waals surface area (Å²) < 4.78 is 11.1. The molecule has 1 atom stereocenters. The molecule has 0 radical (unpaired) electrons. The Balaban J connectivity index is 1.75. The first-order valence-corrected chi connectivity index (χ1v) is 6.71. The van der Waals surface area contributed by atoms with Gasteiger partial charge in [0.05, 0.1) is 7.11 Å². The summed E-state index contributed by atoms with van der Waals surface area (Å²) >= 11 is 0. The van der Waals surface area contributed by atoms with Crippen LogP contribution in [0, 0.1) is 12.8 Å². The fourth-order valence-electron chi connectivity index (χ4n) is 2.10. The molecule has 1 N–H and O–H groups in total. The summed E-state index contributed by atoms with van der Waals surface area (Å²) in [5.74, 6) is 2.52. The molecule has 0 aliphatic heterocycles. The Morgan fingerprint density at radius 1 is 1.33 bits per heavy atom. The minimum atomic E-state index is 0.619. The van der Waals surface area contributed by atoms with Gasteiger partial charge in [-0.15, -0.1) is 0 Å². The second-order valence-electron chi connectivity index (χ2n) is 5.08. The summed E-state index contributed by atoms with van der Waals surface area (Å²) in [7, 11) is 1.68. The normalized spacial score (nSPS) is 16.4. The molecule has 1 aromatic rings. The zero-order valence-corrected chi connectivity index (χ0v) is 11.5. The molecule has 1 fully saturated rings. The van der Waals surface area contributed by atoms with Crippen molar-refractivity contribution >= 4 is 0 Å². The number of nitrogens with one attached hydrogen (secondary N) is 1. The lowest BCUT2D eigenvalue weighted by atomic mass is 10.2. The third-order valence-corrected chi connectivity index (χ3v) is 3.47. The molecule has 1 unspecified atom stereocenters. The van der Waals surface area contributed by atoms with Gasteiger partial charge in [0, 0.05) is 12.6 Å². The molecule has 0 saturated heterocycles. The van der Waals surface area contributed by atoms with Gasteiger partial charge in [-0.25, -0.2) is 0 Å². The molecule has 0 heterocycles. The van der Waals surface area contributed by atoms with Crippen molar-refractivity contribution in [2.75, 3.05) is 20.3 Å². The monoisotopic (exact) mass is 249 g/mol. The highest BCUT2D eigenvalue weighted by molar-refractivity contribution is 5.42. The standard InChI is InChI=1S/C15H23NO2/c1-11-4-7-14(15(10-11)17-3)18-9-8-16-12(2)13-5-6-13/h4,7,10,12-13,16H,5-6,8-9H2,1-3H3. The van der Waals surface area contributed by atoms with E-state index in [1.807, 2.05) is 25.1 Å². The molecule has 0 bridgehead atoms. The van der Waals surface area contributed by atoms with Gasteiger partial charge in [-0.1, -0.05) is 6.07 Å². The zero-order chi connectivity index (χ0) is 13.0. The van der Waals surface area contributed by atoms with Gasteiger partial charge < -0.3 is 14.8 Å². The second-order valence-corrected chi connectivity index (χ2v) is 5.08. The molecule has 0 amide bonds. The molecule has 1 saturated carbocycles. The smallest absolute Gasteiger partial charge is 0.161 e. The van der Waals surface area contributed by atoms with Crippen molar-refractivity contribution in [1.29, 1.82) is 0 Å². The number of rotatable bonds is 7. The van der Waals surface area contributed by atoms with E-state index in [0.717, 1.165) is 24.0 Å². The summed E-state index contributed by atoms with van der Waals surface area (Å²) in [6.45, 7) is 5.86. The van der Waals surface area contributed by atoms with Gasteiger partial charge in [0.15, 0.2) is 11.5 Å². The lowest BCUT2D eigenvalue weighted by Gasteiger charge is -2.14. The minimum absolute atomic E-state index is 0.619. The van der Waals surface area contributed by atoms with Gasteiger partial charge in [-0.05, 0) is 50.3 Å². The van der Waals surface area contributed by atoms with Crippen LogP contribution in [0.25, 0.3) is 0 Å². The van der Waals surface area contributed by atoms with Crippen LogP contribution in [0.5, 0.6) is 11.5 Å². The molecule has 100 valence electrons. The third-order valence-electron chi connectivity index (χ3n) is 3.47. The maximum absolute atomic E-state index is 5.75. The van der Waals surface area contributed by atoms with Crippen LogP contribution in [0.1, 0.15) is 25.3 Å². The van der Waals surface area contributed by atoms with Gasteiger partial charge in [0.1, 0.15) is 6.61 Å². The first-order chi connectivity index (χ1) is 8.70. The third kappa shape index (κ3) is 3.64. The highest BCUT2D eigenvalue weighted by Gasteiger charge is 2.27. The summed E-state index contributed by atoms with van der Waals surface area (Å²) in [5, 5.41) is 3.50. The molecule has 18 heavy (non-hydrogen) atoms. The van der Waals surface area contributed by atoms with E-state index in [0.29, 0.717) is 12.6 Å². The first kappa shape index (κ1) is 13.2. The fraction of sp³-hybridized carbons (Fsp3) is 0.600. The average Bonchev–Trinajstić information content (AvgIpc) is 3.19. The number of methoxy groups -OCH3 is 1. The number of hydrogen-bond acceptors (Lipinski definition) is 3. The van der Waals surface area contributed by atoms with Crippen molar-refractivity contribution in [3.63, 3.8) is 0 Å². The van der Waals surface area contributed by atoms with Crippen LogP contribution < -0.4 is 14.8 Å². The molecular formula is C15H23NO2. The lowest BCUT2D eigenvalue weighted by Crippen LogP contribution is -2.31. The SMILES string of the molecule is COc1cc(C)ccc1OCCNC(C)C1CC1. The Morgan fingerprint density at radius 2 is 2.11 bits per heavy atom. The Labute approximate surface area is 109 Å². The van der Waals surface area contributed by atoms with Gasteiger partial charge in [-0.2, -0.15) is 0 Å². The molecule has 1 aliphatic carbocycles. The van der Waals surface area contributed by atoms with Crippen molar-refractivity contribution in [3.05, 3.63) is 23.8 Å². The van der Waals surface area contributed by atoms with Crippen molar-refractivity contribution in [1.82, 2.24) is 5.32 Å². The Kier molecular flexibility index (Phi) is 4.48. The van der Waals surface area contributed by atoms with Crippen LogP contribution >= 0.6 is 0 Å². The van der Waals surface area contributed by atoms with Crippen LogP contribution in [0.2, 0.25) is 0 Å². The fourth-order valence-corrected chi connectivity index (χ4v) is 2.10. The van der Waals surface area contributed by atoms with E-state index in [-0.39, 0.29) is 0 Å². The van der Waals surface area contributed by atoms with Gasteiger partial charge >= 0.3 is 0 Å². The maximum Gasteiger partial charge on any atom is 0.161 e. The average molecular weight is 249 g/mol. The molecule has 3 heteroatoms. The number of ether oxygens (including phenoxy) is 2. The van der Waals surface area contributed by atoms with E-state index in [4.69, 9.17) is 9.47 Å². The Morgan fingerprint density at radius 3 is 2.78 bits per heavy atom. The second kappa shape index (κ2) is 6.10. The number of aryl methyl sites for hydroxylation is 1. The van der Waals surface area contributed by atoms with Crippen molar-refractivity contribution < 1.29 is 9.47 Å². The van der Waals surface area contributed by atoms with Crippen LogP contribution in [0.15, 0.2) is 18.2 Å². The number of hydrogen-bond donors (Lipinski definition) is 1. The Hall–Kier alpha value is -1.22. The minimum Gasteiger partial charge on any atom is -0.493 e. The highest BCUT2D eigenvalue weighted by Crippen LogP contribution is 2.32. The van der Waals surface area contributed by atoms with Gasteiger partial charge in [0.2, 0.25) is 0 Å². The number of benzene rings is 1. The van der Waals surface area contributed by atoms with Gasteiger partial charge in [-0.3, -0.25) is 0 Å².